The van der Waals surface area contributed by atoms with Gasteiger partial charge >= 0.3 is 0 Å². The van der Waals surface area contributed by atoms with Crippen molar-refractivity contribution >= 4 is 11.5 Å². The van der Waals surface area contributed by atoms with Gasteiger partial charge in [0.15, 0.2) is 0 Å². The average molecular weight is 279 g/mol. The van der Waals surface area contributed by atoms with Crippen molar-refractivity contribution in [3.63, 3.8) is 0 Å². The third-order valence-electron chi connectivity index (χ3n) is 3.61. The van der Waals surface area contributed by atoms with Crippen LogP contribution in [0.25, 0.3) is 0 Å². The van der Waals surface area contributed by atoms with E-state index in [1.807, 2.05) is 37.3 Å². The van der Waals surface area contributed by atoms with Crippen LogP contribution in [0.4, 0.5) is 11.5 Å². The summed E-state index contributed by atoms with van der Waals surface area (Å²) in [6.07, 6.45) is 3.13. The maximum Gasteiger partial charge on any atom is 0.148 e. The number of hydrogen-bond donors (Lipinski definition) is 1. The highest BCUT2D eigenvalue weighted by molar-refractivity contribution is 5.68. The van der Waals surface area contributed by atoms with Crippen molar-refractivity contribution in [3.05, 3.63) is 47.2 Å². The molecule has 3 rings (SSSR count). The summed E-state index contributed by atoms with van der Waals surface area (Å²) in [5, 5.41) is 12.6. The number of hydrogen-bond acceptors (Lipinski definition) is 4. The Bertz CT molecular complexity index is 704. The molecule has 0 fully saturated rings. The molecule has 4 nitrogen and oxygen atoms in total. The summed E-state index contributed by atoms with van der Waals surface area (Å²) in [7, 11) is 0. The number of nitrogens with one attached hydrogen (secondary N) is 1. The van der Waals surface area contributed by atoms with E-state index in [2.05, 4.69) is 16.4 Å². The monoisotopic (exact) mass is 279 g/mol. The topological polar surface area (TPSA) is 57.9 Å². The molecule has 0 amide bonds. The van der Waals surface area contributed by atoms with Crippen LogP contribution in [0.3, 0.4) is 0 Å². The highest BCUT2D eigenvalue weighted by Gasteiger charge is 2.17. The Balaban J connectivity index is 1.97. The second kappa shape index (κ2) is 5.84. The molecule has 1 heterocycles. The van der Waals surface area contributed by atoms with E-state index < -0.39 is 0 Å². The average Bonchev–Trinajstić information content (AvgIpc) is 2.96. The molecule has 0 bridgehead atoms. The minimum Gasteiger partial charge on any atom is -0.492 e. The minimum atomic E-state index is 0.585. The normalized spacial score (nSPS) is 12.6. The van der Waals surface area contributed by atoms with E-state index >= 15 is 0 Å². The summed E-state index contributed by atoms with van der Waals surface area (Å²) < 4.78 is 5.60. The standard InChI is InChI=1S/C17H17N3O/c1-2-21-16-9-4-3-7-15(16)20-17-13(11-18)10-12-6-5-8-14(12)19-17/h3-4,7,9-10H,2,5-6,8H2,1H3,(H,19,20). The molecule has 0 saturated heterocycles. The number of aromatic nitrogens is 1. The van der Waals surface area contributed by atoms with Gasteiger partial charge in [0.2, 0.25) is 0 Å². The van der Waals surface area contributed by atoms with E-state index in [0.29, 0.717) is 18.0 Å². The van der Waals surface area contributed by atoms with Crippen LogP contribution >= 0.6 is 0 Å². The number of nitriles is 1. The highest BCUT2D eigenvalue weighted by Crippen LogP contribution is 2.30. The van der Waals surface area contributed by atoms with E-state index in [0.717, 1.165) is 36.4 Å². The molecule has 1 N–H and O–H groups in total. The molecule has 21 heavy (non-hydrogen) atoms. The molecule has 2 aromatic rings. The number of anilines is 2. The number of ether oxygens (including phenoxy) is 1. The van der Waals surface area contributed by atoms with Crippen molar-refractivity contribution in [2.75, 3.05) is 11.9 Å². The Kier molecular flexibility index (Phi) is 3.74. The van der Waals surface area contributed by atoms with Gasteiger partial charge in [0.1, 0.15) is 17.6 Å². The van der Waals surface area contributed by atoms with Crippen molar-refractivity contribution in [1.82, 2.24) is 4.98 Å². The van der Waals surface area contributed by atoms with Gasteiger partial charge in [-0.3, -0.25) is 0 Å². The molecular formula is C17H17N3O. The largest absolute Gasteiger partial charge is 0.492 e. The zero-order valence-electron chi connectivity index (χ0n) is 12.0. The maximum absolute atomic E-state index is 9.34. The molecule has 4 heteroatoms. The summed E-state index contributed by atoms with van der Waals surface area (Å²) in [4.78, 5) is 4.63. The third kappa shape index (κ3) is 2.68. The zero-order valence-corrected chi connectivity index (χ0v) is 12.0. The molecule has 0 unspecified atom stereocenters. The number of benzene rings is 1. The molecule has 1 aromatic heterocycles. The molecular weight excluding hydrogens is 262 g/mol. The van der Waals surface area contributed by atoms with E-state index in [9.17, 15) is 5.26 Å². The second-order valence-corrected chi connectivity index (χ2v) is 5.01. The smallest absolute Gasteiger partial charge is 0.148 e. The van der Waals surface area contributed by atoms with Gasteiger partial charge in [-0.15, -0.1) is 0 Å². The quantitative estimate of drug-likeness (QED) is 0.929. The Morgan fingerprint density at radius 3 is 3.00 bits per heavy atom. The lowest BCUT2D eigenvalue weighted by Crippen LogP contribution is -2.03. The van der Waals surface area contributed by atoms with Gasteiger partial charge in [0.05, 0.1) is 17.9 Å². The molecule has 0 atom stereocenters. The number of fused-ring (bicyclic) bond motifs is 1. The van der Waals surface area contributed by atoms with Crippen molar-refractivity contribution in [1.29, 1.82) is 5.26 Å². The molecule has 0 radical (unpaired) electrons. The summed E-state index contributed by atoms with van der Waals surface area (Å²) in [5.41, 5.74) is 3.73. The number of nitrogens with zero attached hydrogens (tertiary/aromatic N) is 2. The van der Waals surface area contributed by atoms with Crippen LogP contribution in [-0.2, 0) is 12.8 Å². The molecule has 0 saturated carbocycles. The van der Waals surface area contributed by atoms with E-state index in [1.165, 1.54) is 5.56 Å². The van der Waals surface area contributed by atoms with Crippen LogP contribution in [0.2, 0.25) is 0 Å². The van der Waals surface area contributed by atoms with Gasteiger partial charge in [-0.25, -0.2) is 4.98 Å². The SMILES string of the molecule is CCOc1ccccc1Nc1nc2c(cc1C#N)CCC2. The molecule has 1 aromatic carbocycles. The number of pyridine rings is 1. The van der Waals surface area contributed by atoms with Gasteiger partial charge in [0.25, 0.3) is 0 Å². The lowest BCUT2D eigenvalue weighted by atomic mass is 10.1. The van der Waals surface area contributed by atoms with E-state index in [1.54, 1.807) is 0 Å². The first-order valence-corrected chi connectivity index (χ1v) is 7.23. The minimum absolute atomic E-state index is 0.585. The summed E-state index contributed by atoms with van der Waals surface area (Å²) >= 11 is 0. The number of aryl methyl sites for hydroxylation is 2. The van der Waals surface area contributed by atoms with Crippen molar-refractivity contribution in [2.24, 2.45) is 0 Å². The Morgan fingerprint density at radius 2 is 2.19 bits per heavy atom. The Labute approximate surface area is 124 Å². The van der Waals surface area contributed by atoms with Crippen LogP contribution in [0, 0.1) is 11.3 Å². The fourth-order valence-electron chi connectivity index (χ4n) is 2.63. The predicted molar refractivity (Wildman–Crippen MR) is 81.9 cm³/mol. The van der Waals surface area contributed by atoms with E-state index in [-0.39, 0.29) is 0 Å². The van der Waals surface area contributed by atoms with Crippen LogP contribution < -0.4 is 10.1 Å². The van der Waals surface area contributed by atoms with Gasteiger partial charge in [-0.2, -0.15) is 5.26 Å². The van der Waals surface area contributed by atoms with Gasteiger partial charge < -0.3 is 10.1 Å². The van der Waals surface area contributed by atoms with Crippen LogP contribution in [0.5, 0.6) is 5.75 Å². The molecule has 1 aliphatic carbocycles. The summed E-state index contributed by atoms with van der Waals surface area (Å²) in [6, 6.07) is 11.9. The third-order valence-corrected chi connectivity index (χ3v) is 3.61. The first-order chi connectivity index (χ1) is 10.3. The van der Waals surface area contributed by atoms with Gasteiger partial charge in [-0.05, 0) is 49.9 Å². The lowest BCUT2D eigenvalue weighted by molar-refractivity contribution is 0.342. The van der Waals surface area contributed by atoms with Crippen LogP contribution in [0.1, 0.15) is 30.2 Å². The van der Waals surface area contributed by atoms with Crippen molar-refractivity contribution < 1.29 is 4.74 Å². The van der Waals surface area contributed by atoms with Crippen molar-refractivity contribution in [2.45, 2.75) is 26.2 Å². The second-order valence-electron chi connectivity index (χ2n) is 5.01. The zero-order chi connectivity index (χ0) is 14.7. The Hall–Kier alpha value is -2.54. The molecule has 0 spiro atoms. The van der Waals surface area contributed by atoms with Crippen LogP contribution in [0.15, 0.2) is 30.3 Å². The van der Waals surface area contributed by atoms with Gasteiger partial charge in [-0.1, -0.05) is 12.1 Å². The number of para-hydroxylation sites is 2. The summed E-state index contributed by atoms with van der Waals surface area (Å²) in [5.74, 6) is 1.39. The number of rotatable bonds is 4. The fourth-order valence-corrected chi connectivity index (χ4v) is 2.63. The fraction of sp³-hybridized carbons (Fsp3) is 0.294. The maximum atomic E-state index is 9.34. The Morgan fingerprint density at radius 1 is 1.33 bits per heavy atom. The van der Waals surface area contributed by atoms with E-state index in [4.69, 9.17) is 4.74 Å². The highest BCUT2D eigenvalue weighted by atomic mass is 16.5. The predicted octanol–water partition coefficient (Wildman–Crippen LogP) is 3.58. The first kappa shape index (κ1) is 13.4. The van der Waals surface area contributed by atoms with Gasteiger partial charge in [0, 0.05) is 5.69 Å². The van der Waals surface area contributed by atoms with Crippen molar-refractivity contribution in [3.8, 4) is 11.8 Å². The van der Waals surface area contributed by atoms with Crippen LogP contribution in [-0.4, -0.2) is 11.6 Å². The molecule has 0 aliphatic heterocycles. The molecule has 1 aliphatic rings. The lowest BCUT2D eigenvalue weighted by Gasteiger charge is -2.13. The summed E-state index contributed by atoms with van der Waals surface area (Å²) in [6.45, 7) is 2.55. The molecule has 106 valence electrons. The first-order valence-electron chi connectivity index (χ1n) is 7.23.